The Kier molecular flexibility index (Phi) is 5.13. The van der Waals surface area contributed by atoms with Gasteiger partial charge in [-0.2, -0.15) is 5.10 Å². The van der Waals surface area contributed by atoms with E-state index in [1.54, 1.807) is 36.0 Å². The van der Waals surface area contributed by atoms with Gasteiger partial charge in [0, 0.05) is 18.6 Å². The first-order chi connectivity index (χ1) is 12.9. The van der Waals surface area contributed by atoms with E-state index in [1.165, 1.54) is 0 Å². The molecule has 0 saturated carbocycles. The Hall–Kier alpha value is -3.33. The van der Waals surface area contributed by atoms with Gasteiger partial charge in [0.1, 0.15) is 29.7 Å². The largest absolute Gasteiger partial charge is 0.487 e. The SMILES string of the molecule is Cc1oc2ccc(OCc3ccnn3C)cc2c1C(=O)NC(CO)C(N)=O. The van der Waals surface area contributed by atoms with Crippen molar-refractivity contribution in [2.75, 3.05) is 6.61 Å². The van der Waals surface area contributed by atoms with E-state index in [1.807, 2.05) is 13.1 Å². The number of benzene rings is 1. The number of nitrogens with two attached hydrogens (primary N) is 1. The van der Waals surface area contributed by atoms with Gasteiger partial charge in [0.15, 0.2) is 0 Å². The number of furan rings is 1. The predicted molar refractivity (Wildman–Crippen MR) is 96.0 cm³/mol. The van der Waals surface area contributed by atoms with Crippen LogP contribution in [0.5, 0.6) is 5.75 Å². The van der Waals surface area contributed by atoms with Crippen LogP contribution in [0.3, 0.4) is 0 Å². The number of nitrogens with zero attached hydrogens (tertiary/aromatic N) is 2. The molecule has 1 atom stereocenters. The molecule has 27 heavy (non-hydrogen) atoms. The summed E-state index contributed by atoms with van der Waals surface area (Å²) < 4.78 is 13.1. The highest BCUT2D eigenvalue weighted by molar-refractivity contribution is 6.08. The van der Waals surface area contributed by atoms with Crippen LogP contribution in [-0.4, -0.2) is 39.4 Å². The molecule has 2 amide bonds. The van der Waals surface area contributed by atoms with Gasteiger partial charge < -0.3 is 25.3 Å². The van der Waals surface area contributed by atoms with Crippen molar-refractivity contribution in [3.63, 3.8) is 0 Å². The van der Waals surface area contributed by atoms with Crippen LogP contribution in [0.2, 0.25) is 0 Å². The second-order valence-corrected chi connectivity index (χ2v) is 6.04. The number of carbonyl (C=O) groups excluding carboxylic acids is 2. The van der Waals surface area contributed by atoms with E-state index >= 15 is 0 Å². The minimum atomic E-state index is -1.17. The maximum absolute atomic E-state index is 12.6. The molecule has 0 aliphatic carbocycles. The topological polar surface area (TPSA) is 133 Å². The van der Waals surface area contributed by atoms with E-state index in [9.17, 15) is 14.7 Å². The number of hydrogen-bond acceptors (Lipinski definition) is 6. The second-order valence-electron chi connectivity index (χ2n) is 6.04. The maximum Gasteiger partial charge on any atom is 0.256 e. The van der Waals surface area contributed by atoms with Gasteiger partial charge in [-0.25, -0.2) is 0 Å². The van der Waals surface area contributed by atoms with Crippen LogP contribution in [-0.2, 0) is 18.4 Å². The molecule has 0 aliphatic heterocycles. The van der Waals surface area contributed by atoms with Crippen molar-refractivity contribution >= 4 is 22.8 Å². The van der Waals surface area contributed by atoms with Crippen LogP contribution < -0.4 is 15.8 Å². The fourth-order valence-electron chi connectivity index (χ4n) is 2.71. The molecule has 0 aliphatic rings. The van der Waals surface area contributed by atoms with E-state index in [0.29, 0.717) is 29.1 Å². The molecule has 1 aromatic carbocycles. The Morgan fingerprint density at radius 1 is 1.41 bits per heavy atom. The minimum absolute atomic E-state index is 0.260. The van der Waals surface area contributed by atoms with Gasteiger partial charge in [-0.05, 0) is 31.2 Å². The monoisotopic (exact) mass is 372 g/mol. The summed E-state index contributed by atoms with van der Waals surface area (Å²) in [5, 5.41) is 16.2. The molecule has 0 bridgehead atoms. The van der Waals surface area contributed by atoms with E-state index < -0.39 is 24.5 Å². The summed E-state index contributed by atoms with van der Waals surface area (Å²) in [4.78, 5) is 23.8. The van der Waals surface area contributed by atoms with Crippen molar-refractivity contribution in [3.05, 3.63) is 47.5 Å². The Labute approximate surface area is 154 Å². The number of primary amides is 1. The molecule has 142 valence electrons. The fraction of sp³-hybridized carbons (Fsp3) is 0.278. The van der Waals surface area contributed by atoms with E-state index in [4.69, 9.17) is 14.9 Å². The molecule has 9 heteroatoms. The number of ether oxygens (including phenoxy) is 1. The number of aliphatic hydroxyl groups excluding tert-OH is 1. The van der Waals surface area contributed by atoms with Gasteiger partial charge in [-0.3, -0.25) is 14.3 Å². The first-order valence-corrected chi connectivity index (χ1v) is 8.24. The third-order valence-corrected chi connectivity index (χ3v) is 4.20. The van der Waals surface area contributed by atoms with Gasteiger partial charge in [-0.15, -0.1) is 0 Å². The van der Waals surface area contributed by atoms with Crippen LogP contribution in [0.4, 0.5) is 0 Å². The quantitative estimate of drug-likeness (QED) is 0.557. The first kappa shape index (κ1) is 18.5. The highest BCUT2D eigenvalue weighted by Crippen LogP contribution is 2.29. The van der Waals surface area contributed by atoms with Crippen LogP contribution >= 0.6 is 0 Å². The van der Waals surface area contributed by atoms with Crippen molar-refractivity contribution in [1.82, 2.24) is 15.1 Å². The number of fused-ring (bicyclic) bond motifs is 1. The van der Waals surface area contributed by atoms with E-state index in [2.05, 4.69) is 10.4 Å². The molecule has 3 rings (SSSR count). The van der Waals surface area contributed by atoms with Crippen LogP contribution in [0.25, 0.3) is 11.0 Å². The van der Waals surface area contributed by atoms with E-state index in [-0.39, 0.29) is 5.56 Å². The van der Waals surface area contributed by atoms with Gasteiger partial charge in [0.05, 0.1) is 17.9 Å². The molecule has 0 spiro atoms. The van der Waals surface area contributed by atoms with Gasteiger partial charge in [-0.1, -0.05) is 0 Å². The lowest BCUT2D eigenvalue weighted by atomic mass is 10.1. The Bertz CT molecular complexity index is 991. The molecule has 0 saturated heterocycles. The lowest BCUT2D eigenvalue weighted by molar-refractivity contribution is -0.120. The average Bonchev–Trinajstić information content (AvgIpc) is 3.18. The predicted octanol–water partition coefficient (Wildman–Crippen LogP) is 0.630. The van der Waals surface area contributed by atoms with Crippen molar-refractivity contribution in [3.8, 4) is 5.75 Å². The van der Waals surface area contributed by atoms with Crippen molar-refractivity contribution in [2.24, 2.45) is 12.8 Å². The number of rotatable bonds is 7. The molecular formula is C18H20N4O5. The number of aliphatic hydroxyl groups is 1. The summed E-state index contributed by atoms with van der Waals surface area (Å²) in [6.45, 7) is 1.37. The first-order valence-electron chi connectivity index (χ1n) is 8.24. The third kappa shape index (κ3) is 3.77. The van der Waals surface area contributed by atoms with Gasteiger partial charge in [0.25, 0.3) is 5.91 Å². The molecule has 2 heterocycles. The van der Waals surface area contributed by atoms with Crippen molar-refractivity contribution < 1.29 is 23.8 Å². The minimum Gasteiger partial charge on any atom is -0.487 e. The van der Waals surface area contributed by atoms with Gasteiger partial charge in [0.2, 0.25) is 5.91 Å². The van der Waals surface area contributed by atoms with Crippen molar-refractivity contribution in [1.29, 1.82) is 0 Å². The zero-order valence-corrected chi connectivity index (χ0v) is 14.9. The normalized spacial score (nSPS) is 12.1. The number of hydrogen-bond donors (Lipinski definition) is 3. The number of aromatic nitrogens is 2. The highest BCUT2D eigenvalue weighted by Gasteiger charge is 2.23. The molecule has 3 aromatic rings. The highest BCUT2D eigenvalue weighted by atomic mass is 16.5. The molecule has 0 radical (unpaired) electrons. The molecule has 9 nitrogen and oxygen atoms in total. The van der Waals surface area contributed by atoms with Gasteiger partial charge >= 0.3 is 0 Å². The Morgan fingerprint density at radius 3 is 2.81 bits per heavy atom. The second kappa shape index (κ2) is 7.50. The van der Waals surface area contributed by atoms with Crippen molar-refractivity contribution in [2.45, 2.75) is 19.6 Å². The zero-order valence-electron chi connectivity index (χ0n) is 14.9. The average molecular weight is 372 g/mol. The molecule has 2 aromatic heterocycles. The summed E-state index contributed by atoms with van der Waals surface area (Å²) >= 11 is 0. The number of aryl methyl sites for hydroxylation is 2. The summed E-state index contributed by atoms with van der Waals surface area (Å²) in [6.07, 6.45) is 1.68. The molecular weight excluding hydrogens is 352 g/mol. The Balaban J connectivity index is 1.87. The Morgan fingerprint density at radius 2 is 2.19 bits per heavy atom. The third-order valence-electron chi connectivity index (χ3n) is 4.20. The number of amides is 2. The smallest absolute Gasteiger partial charge is 0.256 e. The standard InChI is InChI=1S/C18H20N4O5/c1-10-16(18(25)21-14(8-23)17(19)24)13-7-12(3-4-15(13)27-10)26-9-11-5-6-20-22(11)2/h3-7,14,23H,8-9H2,1-2H3,(H2,19,24)(H,21,25). The summed E-state index contributed by atoms with van der Waals surface area (Å²) in [5.74, 6) is -0.455. The summed E-state index contributed by atoms with van der Waals surface area (Å²) in [5.41, 5.74) is 6.81. The fourth-order valence-corrected chi connectivity index (χ4v) is 2.71. The lowest BCUT2D eigenvalue weighted by Crippen LogP contribution is -2.46. The summed E-state index contributed by atoms with van der Waals surface area (Å²) in [7, 11) is 1.82. The van der Waals surface area contributed by atoms with Crippen LogP contribution in [0.1, 0.15) is 21.8 Å². The molecule has 1 unspecified atom stereocenters. The van der Waals surface area contributed by atoms with E-state index in [0.717, 1.165) is 5.69 Å². The van der Waals surface area contributed by atoms with Crippen LogP contribution in [0, 0.1) is 6.92 Å². The summed E-state index contributed by atoms with van der Waals surface area (Å²) in [6, 6.07) is 5.80. The zero-order chi connectivity index (χ0) is 19.6. The number of carbonyl (C=O) groups is 2. The molecule has 0 fully saturated rings. The molecule has 4 N–H and O–H groups in total. The maximum atomic E-state index is 12.6. The number of nitrogens with one attached hydrogen (secondary N) is 1. The van der Waals surface area contributed by atoms with Crippen LogP contribution in [0.15, 0.2) is 34.9 Å². The lowest BCUT2D eigenvalue weighted by Gasteiger charge is -2.12.